The molecule has 0 spiro atoms. The van der Waals surface area contributed by atoms with E-state index in [2.05, 4.69) is 25.1 Å². The van der Waals surface area contributed by atoms with Crippen molar-refractivity contribution in [2.24, 2.45) is 0 Å². The predicted molar refractivity (Wildman–Crippen MR) is 53.8 cm³/mol. The number of aromatic nitrogens is 3. The Morgan fingerprint density at radius 2 is 2.22 bits per heavy atom. The maximum atomic E-state index is 11.5. The highest BCUT2D eigenvalue weighted by molar-refractivity contribution is 5.94. The summed E-state index contributed by atoms with van der Waals surface area (Å²) < 4.78 is 9.18. The van der Waals surface area contributed by atoms with Gasteiger partial charge in [0.05, 0.1) is 0 Å². The molecule has 9 heteroatoms. The highest BCUT2D eigenvalue weighted by atomic mass is 16.5. The molecule has 2 aromatic heterocycles. The molecule has 2 aromatic rings. The first-order valence-corrected chi connectivity index (χ1v) is 4.90. The lowest BCUT2D eigenvalue weighted by molar-refractivity contribution is 0.0651. The van der Waals surface area contributed by atoms with Gasteiger partial charge in [0.25, 0.3) is 5.91 Å². The van der Waals surface area contributed by atoms with E-state index in [0.717, 1.165) is 6.07 Å². The molecule has 0 aliphatic carbocycles. The number of aromatic carboxylic acids is 1. The Morgan fingerprint density at radius 1 is 1.39 bits per heavy atom. The molecule has 0 saturated carbocycles. The van der Waals surface area contributed by atoms with Crippen LogP contribution in [0.1, 0.15) is 26.9 Å². The largest absolute Gasteiger partial charge is 0.475 e. The zero-order valence-electron chi connectivity index (χ0n) is 8.99. The molecule has 0 radical (unpaired) electrons. The van der Waals surface area contributed by atoms with Crippen LogP contribution in [0.3, 0.4) is 0 Å². The summed E-state index contributed by atoms with van der Waals surface area (Å²) in [7, 11) is 0. The highest BCUT2D eigenvalue weighted by Gasteiger charge is 2.16. The molecule has 2 heterocycles. The van der Waals surface area contributed by atoms with E-state index in [9.17, 15) is 9.59 Å². The minimum absolute atomic E-state index is 0.0991. The van der Waals surface area contributed by atoms with Gasteiger partial charge in [0, 0.05) is 19.0 Å². The van der Waals surface area contributed by atoms with Crippen LogP contribution in [-0.4, -0.2) is 38.8 Å². The number of hydrogen-bond acceptors (Lipinski definition) is 7. The second-order valence-electron chi connectivity index (χ2n) is 3.22. The quantitative estimate of drug-likeness (QED) is 0.743. The first kappa shape index (κ1) is 11.8. The molecule has 9 nitrogen and oxygen atoms in total. The van der Waals surface area contributed by atoms with Gasteiger partial charge in [0.1, 0.15) is 0 Å². The Morgan fingerprint density at radius 3 is 2.83 bits per heavy atom. The summed E-state index contributed by atoms with van der Waals surface area (Å²) in [4.78, 5) is 25.8. The minimum atomic E-state index is -1.28. The Bertz CT molecular complexity index is 547. The lowest BCUT2D eigenvalue weighted by Crippen LogP contribution is -2.26. The predicted octanol–water partition coefficient (Wildman–Crippen LogP) is -0.272. The zero-order chi connectivity index (χ0) is 13.0. The minimum Gasteiger partial charge on any atom is -0.475 e. The fraction of sp³-hybridized carbons (Fsp3) is 0.222. The molecule has 0 aliphatic heterocycles. The zero-order valence-corrected chi connectivity index (χ0v) is 8.99. The maximum Gasteiger partial charge on any atom is 0.374 e. The molecule has 0 saturated heterocycles. The Kier molecular flexibility index (Phi) is 3.32. The van der Waals surface area contributed by atoms with Gasteiger partial charge in [-0.1, -0.05) is 10.3 Å². The second kappa shape index (κ2) is 5.08. The molecule has 18 heavy (non-hydrogen) atoms. The van der Waals surface area contributed by atoms with Crippen LogP contribution in [0.25, 0.3) is 0 Å². The second-order valence-corrected chi connectivity index (χ2v) is 3.22. The van der Waals surface area contributed by atoms with Crippen molar-refractivity contribution in [3.05, 3.63) is 29.7 Å². The van der Waals surface area contributed by atoms with Gasteiger partial charge in [-0.25, -0.2) is 4.79 Å². The smallest absolute Gasteiger partial charge is 0.374 e. The number of nitrogens with one attached hydrogen (secondary N) is 1. The average molecular weight is 252 g/mol. The van der Waals surface area contributed by atoms with Crippen molar-refractivity contribution < 1.29 is 23.7 Å². The van der Waals surface area contributed by atoms with E-state index in [-0.39, 0.29) is 12.2 Å². The SMILES string of the molecule is O=C(NCCc1ncno1)c1cc(C(=O)O)on1. The van der Waals surface area contributed by atoms with Gasteiger partial charge < -0.3 is 19.5 Å². The van der Waals surface area contributed by atoms with Crippen LogP contribution < -0.4 is 5.32 Å². The fourth-order valence-corrected chi connectivity index (χ4v) is 1.16. The van der Waals surface area contributed by atoms with Crippen molar-refractivity contribution in [2.45, 2.75) is 6.42 Å². The lowest BCUT2D eigenvalue weighted by atomic mass is 10.3. The number of carbonyl (C=O) groups is 2. The third-order valence-corrected chi connectivity index (χ3v) is 1.98. The number of carboxylic acid groups (broad SMARTS) is 1. The summed E-state index contributed by atoms with van der Waals surface area (Å²) in [6, 6.07) is 1.05. The topological polar surface area (TPSA) is 131 Å². The number of carboxylic acids is 1. The summed E-state index contributed by atoms with van der Waals surface area (Å²) in [5.41, 5.74) is -0.0991. The van der Waals surface area contributed by atoms with Gasteiger partial charge >= 0.3 is 5.97 Å². The third kappa shape index (κ3) is 2.70. The van der Waals surface area contributed by atoms with Crippen molar-refractivity contribution >= 4 is 11.9 Å². The van der Waals surface area contributed by atoms with Crippen molar-refractivity contribution in [3.8, 4) is 0 Å². The van der Waals surface area contributed by atoms with E-state index < -0.39 is 17.6 Å². The molecule has 0 aromatic carbocycles. The molecule has 0 fully saturated rings. The summed E-state index contributed by atoms with van der Waals surface area (Å²) in [5.74, 6) is -1.82. The van der Waals surface area contributed by atoms with Crippen LogP contribution in [0.4, 0.5) is 0 Å². The van der Waals surface area contributed by atoms with Crippen LogP contribution >= 0.6 is 0 Å². The number of rotatable bonds is 5. The summed E-state index contributed by atoms with van der Waals surface area (Å²) in [6.07, 6.45) is 1.63. The maximum absolute atomic E-state index is 11.5. The first-order valence-electron chi connectivity index (χ1n) is 4.90. The van der Waals surface area contributed by atoms with Crippen LogP contribution in [0, 0.1) is 0 Å². The van der Waals surface area contributed by atoms with Crippen molar-refractivity contribution in [1.82, 2.24) is 20.6 Å². The van der Waals surface area contributed by atoms with Gasteiger partial charge in [-0.2, -0.15) is 4.98 Å². The van der Waals surface area contributed by atoms with Gasteiger partial charge in [0.2, 0.25) is 11.7 Å². The molecule has 2 N–H and O–H groups in total. The molecular formula is C9H8N4O5. The van der Waals surface area contributed by atoms with Gasteiger partial charge in [-0.15, -0.1) is 0 Å². The van der Waals surface area contributed by atoms with Gasteiger partial charge in [0.15, 0.2) is 12.0 Å². The molecule has 0 aliphatic rings. The number of amides is 1. The van der Waals surface area contributed by atoms with E-state index in [4.69, 9.17) is 9.63 Å². The van der Waals surface area contributed by atoms with E-state index in [1.807, 2.05) is 0 Å². The third-order valence-electron chi connectivity index (χ3n) is 1.98. The van der Waals surface area contributed by atoms with Gasteiger partial charge in [-0.3, -0.25) is 4.79 Å². The average Bonchev–Trinajstić information content (AvgIpc) is 2.99. The van der Waals surface area contributed by atoms with E-state index in [0.29, 0.717) is 12.3 Å². The Labute approximate surface area is 99.8 Å². The van der Waals surface area contributed by atoms with E-state index >= 15 is 0 Å². The first-order chi connectivity index (χ1) is 8.66. The summed E-state index contributed by atoms with van der Waals surface area (Å²) in [6.45, 7) is 0.260. The standard InChI is InChI=1S/C9H8N4O5/c14-8(5-3-6(9(15)16)17-13-5)10-2-1-7-11-4-12-18-7/h3-4H,1-2H2,(H,10,14)(H,15,16). The molecule has 0 bridgehead atoms. The highest BCUT2D eigenvalue weighted by Crippen LogP contribution is 2.03. The van der Waals surface area contributed by atoms with E-state index in [1.165, 1.54) is 6.33 Å². The van der Waals surface area contributed by atoms with Crippen LogP contribution in [0.5, 0.6) is 0 Å². The Balaban J connectivity index is 1.85. The van der Waals surface area contributed by atoms with Crippen molar-refractivity contribution in [1.29, 1.82) is 0 Å². The molecule has 0 unspecified atom stereocenters. The molecule has 1 amide bonds. The van der Waals surface area contributed by atoms with Crippen LogP contribution in [0.2, 0.25) is 0 Å². The van der Waals surface area contributed by atoms with E-state index in [1.54, 1.807) is 0 Å². The molecular weight excluding hydrogens is 244 g/mol. The normalized spacial score (nSPS) is 10.2. The fourth-order valence-electron chi connectivity index (χ4n) is 1.16. The van der Waals surface area contributed by atoms with Crippen LogP contribution in [0.15, 0.2) is 21.4 Å². The van der Waals surface area contributed by atoms with Gasteiger partial charge in [-0.05, 0) is 0 Å². The summed E-state index contributed by atoms with van der Waals surface area (Å²) in [5, 5.41) is 17.8. The number of carbonyl (C=O) groups excluding carboxylic acids is 1. The molecule has 2 rings (SSSR count). The number of hydrogen-bond donors (Lipinski definition) is 2. The van der Waals surface area contributed by atoms with Crippen LogP contribution in [-0.2, 0) is 6.42 Å². The number of nitrogens with zero attached hydrogens (tertiary/aromatic N) is 3. The van der Waals surface area contributed by atoms with Crippen molar-refractivity contribution in [3.63, 3.8) is 0 Å². The van der Waals surface area contributed by atoms with Crippen molar-refractivity contribution in [2.75, 3.05) is 6.54 Å². The molecule has 94 valence electrons. The Hall–Kier alpha value is -2.71. The molecule has 0 atom stereocenters. The monoisotopic (exact) mass is 252 g/mol. The lowest BCUT2D eigenvalue weighted by Gasteiger charge is -1.98. The summed E-state index contributed by atoms with van der Waals surface area (Å²) >= 11 is 0.